The number of ether oxygens (including phenoxy) is 1. The van der Waals surface area contributed by atoms with E-state index < -0.39 is 0 Å². The summed E-state index contributed by atoms with van der Waals surface area (Å²) < 4.78 is 5.89. The highest BCUT2D eigenvalue weighted by Crippen LogP contribution is 2.39. The van der Waals surface area contributed by atoms with Crippen LogP contribution < -0.4 is 10.3 Å². The van der Waals surface area contributed by atoms with E-state index in [4.69, 9.17) is 4.74 Å². The SMILES string of the molecule is Cc1nc(OC2CC(C)CC(C)(C)C2)cc(=O)[nH]1. The Morgan fingerprint density at radius 3 is 2.78 bits per heavy atom. The van der Waals surface area contributed by atoms with Crippen molar-refractivity contribution in [1.82, 2.24) is 9.97 Å². The third-order valence-corrected chi connectivity index (χ3v) is 3.47. The summed E-state index contributed by atoms with van der Waals surface area (Å²) in [6.07, 6.45) is 3.45. The lowest BCUT2D eigenvalue weighted by Crippen LogP contribution is -2.34. The number of H-pyrrole nitrogens is 1. The summed E-state index contributed by atoms with van der Waals surface area (Å²) in [7, 11) is 0. The van der Waals surface area contributed by atoms with Gasteiger partial charge in [0.15, 0.2) is 0 Å². The van der Waals surface area contributed by atoms with Crippen molar-refractivity contribution in [1.29, 1.82) is 0 Å². The summed E-state index contributed by atoms with van der Waals surface area (Å²) >= 11 is 0. The molecule has 1 aliphatic carbocycles. The molecule has 1 aromatic rings. The van der Waals surface area contributed by atoms with Crippen LogP contribution in [0, 0.1) is 18.3 Å². The zero-order chi connectivity index (χ0) is 13.3. The molecule has 2 rings (SSSR count). The maximum atomic E-state index is 11.4. The average molecular weight is 250 g/mol. The van der Waals surface area contributed by atoms with Crippen LogP contribution in [-0.2, 0) is 0 Å². The van der Waals surface area contributed by atoms with Gasteiger partial charge in [-0.1, -0.05) is 20.8 Å². The first kappa shape index (κ1) is 13.1. The average Bonchev–Trinajstić information content (AvgIpc) is 2.10. The van der Waals surface area contributed by atoms with Crippen LogP contribution in [0.4, 0.5) is 0 Å². The molecule has 4 nitrogen and oxygen atoms in total. The van der Waals surface area contributed by atoms with Crippen molar-refractivity contribution in [2.24, 2.45) is 11.3 Å². The molecule has 0 aromatic carbocycles. The van der Waals surface area contributed by atoms with Gasteiger partial charge in [-0.3, -0.25) is 4.79 Å². The van der Waals surface area contributed by atoms with E-state index in [0.29, 0.717) is 23.0 Å². The zero-order valence-corrected chi connectivity index (χ0v) is 11.6. The molecule has 0 spiro atoms. The molecule has 100 valence electrons. The predicted octanol–water partition coefficient (Wildman–Crippen LogP) is 2.67. The normalized spacial score (nSPS) is 26.9. The van der Waals surface area contributed by atoms with Crippen molar-refractivity contribution >= 4 is 0 Å². The van der Waals surface area contributed by atoms with Gasteiger partial charge in [-0.2, -0.15) is 0 Å². The van der Waals surface area contributed by atoms with Crippen molar-refractivity contribution in [3.63, 3.8) is 0 Å². The van der Waals surface area contributed by atoms with Crippen LogP contribution in [0.1, 0.15) is 45.9 Å². The van der Waals surface area contributed by atoms with Crippen LogP contribution in [0.5, 0.6) is 5.88 Å². The van der Waals surface area contributed by atoms with Gasteiger partial charge in [-0.05, 0) is 37.5 Å². The lowest BCUT2D eigenvalue weighted by atomic mass is 9.71. The Balaban J connectivity index is 2.11. The molecule has 0 bridgehead atoms. The highest BCUT2D eigenvalue weighted by atomic mass is 16.5. The molecule has 1 fully saturated rings. The smallest absolute Gasteiger partial charge is 0.254 e. The van der Waals surface area contributed by atoms with Gasteiger partial charge in [0.05, 0.1) is 6.07 Å². The Labute approximate surface area is 108 Å². The molecular formula is C14H22N2O2. The minimum atomic E-state index is -0.152. The minimum absolute atomic E-state index is 0.152. The van der Waals surface area contributed by atoms with E-state index in [1.165, 1.54) is 12.5 Å². The van der Waals surface area contributed by atoms with Crippen molar-refractivity contribution in [2.45, 2.75) is 53.1 Å². The fourth-order valence-electron chi connectivity index (χ4n) is 3.13. The van der Waals surface area contributed by atoms with Gasteiger partial charge in [-0.25, -0.2) is 4.98 Å². The number of rotatable bonds is 2. The third kappa shape index (κ3) is 3.34. The topological polar surface area (TPSA) is 55.0 Å². The largest absolute Gasteiger partial charge is 0.474 e. The van der Waals surface area contributed by atoms with Gasteiger partial charge in [0, 0.05) is 0 Å². The standard InChI is InChI=1S/C14H22N2O2/c1-9-5-11(8-14(3,4)7-9)18-13-6-12(17)15-10(2)16-13/h6,9,11H,5,7-8H2,1-4H3,(H,15,16,17). The van der Waals surface area contributed by atoms with Gasteiger partial charge in [-0.15, -0.1) is 0 Å². The summed E-state index contributed by atoms with van der Waals surface area (Å²) in [6, 6.07) is 1.43. The monoisotopic (exact) mass is 250 g/mol. The van der Waals surface area contributed by atoms with E-state index in [1.54, 1.807) is 6.92 Å². The molecule has 0 aliphatic heterocycles. The van der Waals surface area contributed by atoms with Crippen LogP contribution in [0.15, 0.2) is 10.9 Å². The molecule has 1 saturated carbocycles. The Morgan fingerprint density at radius 2 is 2.17 bits per heavy atom. The Hall–Kier alpha value is -1.32. The summed E-state index contributed by atoms with van der Waals surface area (Å²) in [4.78, 5) is 18.2. The fraction of sp³-hybridized carbons (Fsp3) is 0.714. The first-order valence-electron chi connectivity index (χ1n) is 6.59. The second kappa shape index (κ2) is 4.75. The number of hydrogen-bond acceptors (Lipinski definition) is 3. The summed E-state index contributed by atoms with van der Waals surface area (Å²) in [6.45, 7) is 8.57. The van der Waals surface area contributed by atoms with Gasteiger partial charge < -0.3 is 9.72 Å². The molecule has 1 aliphatic rings. The van der Waals surface area contributed by atoms with E-state index in [2.05, 4.69) is 30.7 Å². The maximum Gasteiger partial charge on any atom is 0.254 e. The van der Waals surface area contributed by atoms with E-state index >= 15 is 0 Å². The van der Waals surface area contributed by atoms with Crippen LogP contribution >= 0.6 is 0 Å². The second-order valence-corrected chi connectivity index (χ2v) is 6.32. The number of aromatic nitrogens is 2. The third-order valence-electron chi connectivity index (χ3n) is 3.47. The van der Waals surface area contributed by atoms with Crippen LogP contribution in [0.2, 0.25) is 0 Å². The van der Waals surface area contributed by atoms with Gasteiger partial charge >= 0.3 is 0 Å². The molecular weight excluding hydrogens is 228 g/mol. The number of aromatic amines is 1. The van der Waals surface area contributed by atoms with E-state index in [1.807, 2.05) is 0 Å². The molecule has 1 aromatic heterocycles. The number of hydrogen-bond donors (Lipinski definition) is 1. The molecule has 0 radical (unpaired) electrons. The molecule has 0 amide bonds. The van der Waals surface area contributed by atoms with Gasteiger partial charge in [0.1, 0.15) is 11.9 Å². The van der Waals surface area contributed by atoms with E-state index in [0.717, 1.165) is 12.8 Å². The van der Waals surface area contributed by atoms with Gasteiger partial charge in [0.2, 0.25) is 5.88 Å². The van der Waals surface area contributed by atoms with Crippen LogP contribution in [-0.4, -0.2) is 16.1 Å². The summed E-state index contributed by atoms with van der Waals surface area (Å²) in [5.74, 6) is 1.70. The molecule has 1 heterocycles. The molecule has 0 saturated heterocycles. The van der Waals surface area contributed by atoms with E-state index in [-0.39, 0.29) is 11.7 Å². The predicted molar refractivity (Wildman–Crippen MR) is 70.8 cm³/mol. The lowest BCUT2D eigenvalue weighted by molar-refractivity contribution is 0.0530. The first-order chi connectivity index (χ1) is 8.34. The molecule has 2 unspecified atom stereocenters. The van der Waals surface area contributed by atoms with Crippen LogP contribution in [0.25, 0.3) is 0 Å². The Morgan fingerprint density at radius 1 is 1.44 bits per heavy atom. The first-order valence-corrected chi connectivity index (χ1v) is 6.59. The zero-order valence-electron chi connectivity index (χ0n) is 11.6. The maximum absolute atomic E-state index is 11.4. The van der Waals surface area contributed by atoms with Crippen molar-refractivity contribution in [3.8, 4) is 5.88 Å². The molecule has 18 heavy (non-hydrogen) atoms. The molecule has 1 N–H and O–H groups in total. The van der Waals surface area contributed by atoms with Crippen molar-refractivity contribution in [2.75, 3.05) is 0 Å². The number of nitrogens with zero attached hydrogens (tertiary/aromatic N) is 1. The number of nitrogens with one attached hydrogen (secondary N) is 1. The summed E-state index contributed by atoms with van der Waals surface area (Å²) in [5.41, 5.74) is 0.152. The molecule has 2 atom stereocenters. The van der Waals surface area contributed by atoms with E-state index in [9.17, 15) is 4.79 Å². The molecule has 4 heteroatoms. The fourth-order valence-corrected chi connectivity index (χ4v) is 3.13. The second-order valence-electron chi connectivity index (χ2n) is 6.32. The Kier molecular flexibility index (Phi) is 3.46. The quantitative estimate of drug-likeness (QED) is 0.878. The van der Waals surface area contributed by atoms with Gasteiger partial charge in [0.25, 0.3) is 5.56 Å². The highest BCUT2D eigenvalue weighted by Gasteiger charge is 2.33. The Bertz CT molecular complexity index is 479. The minimum Gasteiger partial charge on any atom is -0.474 e. The number of aryl methyl sites for hydroxylation is 1. The highest BCUT2D eigenvalue weighted by molar-refractivity contribution is 5.09. The summed E-state index contributed by atoms with van der Waals surface area (Å²) in [5, 5.41) is 0. The van der Waals surface area contributed by atoms with Crippen LogP contribution in [0.3, 0.4) is 0 Å². The van der Waals surface area contributed by atoms with Crippen molar-refractivity contribution in [3.05, 3.63) is 22.2 Å². The van der Waals surface area contributed by atoms with Crippen molar-refractivity contribution < 1.29 is 4.74 Å². The lowest BCUT2D eigenvalue weighted by Gasteiger charge is -2.38.